The molecule has 1 aliphatic heterocycles. The van der Waals surface area contributed by atoms with Crippen molar-refractivity contribution in [3.8, 4) is 5.75 Å². The second-order valence-electron chi connectivity index (χ2n) is 6.42. The van der Waals surface area contributed by atoms with Crippen LogP contribution in [0.5, 0.6) is 5.75 Å². The van der Waals surface area contributed by atoms with E-state index in [0.717, 1.165) is 34.0 Å². The highest BCUT2D eigenvalue weighted by Crippen LogP contribution is 2.34. The first-order valence-electron chi connectivity index (χ1n) is 8.90. The number of anilines is 1. The predicted octanol–water partition coefficient (Wildman–Crippen LogP) is 4.75. The van der Waals surface area contributed by atoms with Crippen LogP contribution in [-0.4, -0.2) is 18.7 Å². The van der Waals surface area contributed by atoms with Crippen LogP contribution < -0.4 is 9.64 Å². The van der Waals surface area contributed by atoms with Crippen LogP contribution in [0.15, 0.2) is 83.9 Å². The minimum Gasteiger partial charge on any atom is -0.497 e. The van der Waals surface area contributed by atoms with Gasteiger partial charge in [-0.2, -0.15) is 0 Å². The standard InChI is InChI=1S/C23H20N2O2/c1-27-19-11-7-8-17(14-19)16-25-22-13-6-5-12-20(22)24-21(15-23(25)26)18-9-3-2-4-10-18/h2-14H,15-16H2,1H3. The molecule has 3 aromatic rings. The van der Waals surface area contributed by atoms with Crippen molar-refractivity contribution in [3.05, 3.63) is 90.0 Å². The third kappa shape index (κ3) is 3.60. The van der Waals surface area contributed by atoms with Gasteiger partial charge in [0.15, 0.2) is 0 Å². The number of nitrogens with zero attached hydrogens (tertiary/aromatic N) is 2. The van der Waals surface area contributed by atoms with E-state index in [2.05, 4.69) is 0 Å². The fourth-order valence-corrected chi connectivity index (χ4v) is 3.27. The molecule has 0 saturated heterocycles. The van der Waals surface area contributed by atoms with Gasteiger partial charge in [0.2, 0.25) is 5.91 Å². The van der Waals surface area contributed by atoms with Crippen LogP contribution in [0.4, 0.5) is 11.4 Å². The van der Waals surface area contributed by atoms with Gasteiger partial charge in [-0.25, -0.2) is 0 Å². The minimum absolute atomic E-state index is 0.0328. The van der Waals surface area contributed by atoms with E-state index < -0.39 is 0 Å². The summed E-state index contributed by atoms with van der Waals surface area (Å²) >= 11 is 0. The molecule has 134 valence electrons. The summed E-state index contributed by atoms with van der Waals surface area (Å²) in [5.41, 5.74) is 4.42. The average molecular weight is 356 g/mol. The molecule has 4 heteroatoms. The molecule has 4 rings (SSSR count). The summed E-state index contributed by atoms with van der Waals surface area (Å²) in [5.74, 6) is 0.814. The zero-order chi connectivity index (χ0) is 18.6. The number of amides is 1. The van der Waals surface area contributed by atoms with E-state index in [9.17, 15) is 4.79 Å². The summed E-state index contributed by atoms with van der Waals surface area (Å²) in [6, 6.07) is 25.5. The number of benzene rings is 3. The Morgan fingerprint density at radius 2 is 1.74 bits per heavy atom. The molecule has 1 heterocycles. The maximum atomic E-state index is 13.1. The van der Waals surface area contributed by atoms with Crippen LogP contribution in [0, 0.1) is 0 Å². The molecule has 0 N–H and O–H groups in total. The third-order valence-corrected chi connectivity index (χ3v) is 4.63. The Labute approximate surface area is 158 Å². The maximum Gasteiger partial charge on any atom is 0.233 e. The fourth-order valence-electron chi connectivity index (χ4n) is 3.27. The Morgan fingerprint density at radius 3 is 2.56 bits per heavy atom. The van der Waals surface area contributed by atoms with Gasteiger partial charge in [0.05, 0.1) is 37.2 Å². The van der Waals surface area contributed by atoms with Gasteiger partial charge in [0, 0.05) is 0 Å². The zero-order valence-corrected chi connectivity index (χ0v) is 15.1. The number of aliphatic imine (C=N–C) groups is 1. The molecule has 0 saturated carbocycles. The lowest BCUT2D eigenvalue weighted by atomic mass is 10.1. The van der Waals surface area contributed by atoms with Gasteiger partial charge < -0.3 is 9.64 Å². The van der Waals surface area contributed by atoms with Crippen LogP contribution in [0.3, 0.4) is 0 Å². The molecule has 0 bridgehead atoms. The van der Waals surface area contributed by atoms with Crippen LogP contribution in [0.25, 0.3) is 0 Å². The Morgan fingerprint density at radius 1 is 0.963 bits per heavy atom. The molecule has 3 aromatic carbocycles. The molecule has 0 fully saturated rings. The highest BCUT2D eigenvalue weighted by Gasteiger charge is 2.25. The second kappa shape index (κ2) is 7.46. The first-order chi connectivity index (χ1) is 13.2. The average Bonchev–Trinajstić information content (AvgIpc) is 2.86. The molecule has 4 nitrogen and oxygen atoms in total. The number of carbonyl (C=O) groups excluding carboxylic acids is 1. The first kappa shape index (κ1) is 17.0. The van der Waals surface area contributed by atoms with Crippen molar-refractivity contribution in [2.24, 2.45) is 4.99 Å². The number of fused-ring (bicyclic) bond motifs is 1. The van der Waals surface area contributed by atoms with Gasteiger partial charge >= 0.3 is 0 Å². The molecule has 0 atom stereocenters. The molecular formula is C23H20N2O2. The van der Waals surface area contributed by atoms with Crippen molar-refractivity contribution in [3.63, 3.8) is 0 Å². The topological polar surface area (TPSA) is 41.9 Å². The summed E-state index contributed by atoms with van der Waals surface area (Å²) in [6.07, 6.45) is 0.267. The van der Waals surface area contributed by atoms with Gasteiger partial charge in [0.25, 0.3) is 0 Å². The van der Waals surface area contributed by atoms with Crippen molar-refractivity contribution in [2.45, 2.75) is 13.0 Å². The maximum absolute atomic E-state index is 13.1. The Kier molecular flexibility index (Phi) is 4.71. The lowest BCUT2D eigenvalue weighted by molar-refractivity contribution is -0.117. The second-order valence-corrected chi connectivity index (χ2v) is 6.42. The van der Waals surface area contributed by atoms with Crippen molar-refractivity contribution in [2.75, 3.05) is 12.0 Å². The molecule has 0 unspecified atom stereocenters. The van der Waals surface area contributed by atoms with Crippen molar-refractivity contribution in [1.29, 1.82) is 0 Å². The number of carbonyl (C=O) groups is 1. The summed E-state index contributed by atoms with van der Waals surface area (Å²) < 4.78 is 5.31. The molecule has 1 amide bonds. The third-order valence-electron chi connectivity index (χ3n) is 4.63. The number of ether oxygens (including phenoxy) is 1. The number of rotatable bonds is 4. The van der Waals surface area contributed by atoms with Crippen molar-refractivity contribution < 1.29 is 9.53 Å². The summed E-state index contributed by atoms with van der Waals surface area (Å²) in [4.78, 5) is 19.8. The molecular weight excluding hydrogens is 336 g/mol. The number of hydrogen-bond acceptors (Lipinski definition) is 3. The van der Waals surface area contributed by atoms with E-state index in [0.29, 0.717) is 6.54 Å². The van der Waals surface area contributed by atoms with E-state index in [-0.39, 0.29) is 12.3 Å². The number of methoxy groups -OCH3 is 1. The zero-order valence-electron chi connectivity index (χ0n) is 15.1. The normalized spacial score (nSPS) is 13.6. The van der Waals surface area contributed by atoms with Crippen molar-refractivity contribution in [1.82, 2.24) is 0 Å². The summed E-state index contributed by atoms with van der Waals surface area (Å²) in [5, 5.41) is 0. The first-order valence-corrected chi connectivity index (χ1v) is 8.90. The van der Waals surface area contributed by atoms with Gasteiger partial charge in [-0.15, -0.1) is 0 Å². The SMILES string of the molecule is COc1cccc(CN2C(=O)CC(c3ccccc3)=Nc3ccccc32)c1. The summed E-state index contributed by atoms with van der Waals surface area (Å²) in [7, 11) is 1.64. The van der Waals surface area contributed by atoms with Gasteiger partial charge in [-0.05, 0) is 35.4 Å². The van der Waals surface area contributed by atoms with E-state index in [1.807, 2.05) is 83.8 Å². The number of para-hydroxylation sites is 2. The van der Waals surface area contributed by atoms with Crippen LogP contribution in [0.1, 0.15) is 17.5 Å². The molecule has 0 aliphatic carbocycles. The van der Waals surface area contributed by atoms with Gasteiger partial charge in [0.1, 0.15) is 5.75 Å². The minimum atomic E-state index is 0.0328. The monoisotopic (exact) mass is 356 g/mol. The van der Waals surface area contributed by atoms with Crippen LogP contribution in [-0.2, 0) is 11.3 Å². The van der Waals surface area contributed by atoms with E-state index in [1.54, 1.807) is 7.11 Å². The van der Waals surface area contributed by atoms with E-state index in [4.69, 9.17) is 9.73 Å². The molecule has 0 spiro atoms. The fraction of sp³-hybridized carbons (Fsp3) is 0.130. The van der Waals surface area contributed by atoms with Crippen molar-refractivity contribution >= 4 is 23.0 Å². The Bertz CT molecular complexity index is 996. The van der Waals surface area contributed by atoms with Crippen LogP contribution >= 0.6 is 0 Å². The largest absolute Gasteiger partial charge is 0.497 e. The van der Waals surface area contributed by atoms with Crippen LogP contribution in [0.2, 0.25) is 0 Å². The number of hydrogen-bond donors (Lipinski definition) is 0. The summed E-state index contributed by atoms with van der Waals surface area (Å²) in [6.45, 7) is 0.477. The smallest absolute Gasteiger partial charge is 0.233 e. The Balaban J connectivity index is 1.72. The molecule has 1 aliphatic rings. The lowest BCUT2D eigenvalue weighted by Crippen LogP contribution is -2.31. The molecule has 0 radical (unpaired) electrons. The highest BCUT2D eigenvalue weighted by molar-refractivity contribution is 6.17. The lowest BCUT2D eigenvalue weighted by Gasteiger charge is -2.22. The van der Waals surface area contributed by atoms with E-state index >= 15 is 0 Å². The van der Waals surface area contributed by atoms with Gasteiger partial charge in [-0.3, -0.25) is 9.79 Å². The van der Waals surface area contributed by atoms with Gasteiger partial charge in [-0.1, -0.05) is 54.6 Å². The Hall–Kier alpha value is -3.40. The molecule has 0 aromatic heterocycles. The van der Waals surface area contributed by atoms with E-state index in [1.165, 1.54) is 0 Å². The highest BCUT2D eigenvalue weighted by atomic mass is 16.5. The molecule has 27 heavy (non-hydrogen) atoms. The quantitative estimate of drug-likeness (QED) is 0.677. The predicted molar refractivity (Wildman–Crippen MR) is 108 cm³/mol.